The van der Waals surface area contributed by atoms with E-state index >= 15 is 0 Å². The maximum absolute atomic E-state index is 13.7. The Morgan fingerprint density at radius 3 is 2.41 bits per heavy atom. The Labute approximate surface area is 250 Å². The highest BCUT2D eigenvalue weighted by molar-refractivity contribution is 5.71. The second-order valence-corrected chi connectivity index (χ2v) is 10.3. The van der Waals surface area contributed by atoms with Crippen molar-refractivity contribution in [2.45, 2.75) is 44.0 Å². The molecule has 14 heteroatoms. The van der Waals surface area contributed by atoms with Crippen molar-refractivity contribution in [3.8, 4) is 11.1 Å². The van der Waals surface area contributed by atoms with E-state index in [1.807, 2.05) is 0 Å². The van der Waals surface area contributed by atoms with Gasteiger partial charge < -0.3 is 25.8 Å². The first-order chi connectivity index (χ1) is 20.8. The summed E-state index contributed by atoms with van der Waals surface area (Å²) in [6.45, 7) is 1.24. The summed E-state index contributed by atoms with van der Waals surface area (Å²) in [5.41, 5.74) is 1.61. The number of methoxy groups -OCH3 is 1. The molecule has 1 aliphatic rings. The molecule has 0 saturated carbocycles. The zero-order chi connectivity index (χ0) is 31.9. The van der Waals surface area contributed by atoms with Crippen molar-refractivity contribution in [3.05, 3.63) is 77.5 Å². The van der Waals surface area contributed by atoms with Gasteiger partial charge in [-0.2, -0.15) is 26.3 Å². The van der Waals surface area contributed by atoms with Gasteiger partial charge in [-0.05, 0) is 60.8 Å². The lowest BCUT2D eigenvalue weighted by atomic mass is 9.99. The van der Waals surface area contributed by atoms with Gasteiger partial charge in [-0.25, -0.2) is 4.98 Å². The quantitative estimate of drug-likeness (QED) is 0.0898. The van der Waals surface area contributed by atoms with Gasteiger partial charge in [-0.15, -0.1) is 0 Å². The fraction of sp³-hybridized carbons (Fsp3) is 0.400. The van der Waals surface area contributed by atoms with E-state index in [0.29, 0.717) is 41.8 Å². The van der Waals surface area contributed by atoms with Gasteiger partial charge in [0.25, 0.3) is 0 Å². The van der Waals surface area contributed by atoms with Crippen LogP contribution in [0.3, 0.4) is 0 Å². The number of esters is 1. The largest absolute Gasteiger partial charge is 0.468 e. The number of alkyl halides is 6. The lowest BCUT2D eigenvalue weighted by molar-refractivity contribution is -0.177. The summed E-state index contributed by atoms with van der Waals surface area (Å²) in [6.07, 6.45) is -8.46. The van der Waals surface area contributed by atoms with Gasteiger partial charge in [0.2, 0.25) is 0 Å². The molecule has 238 valence electrons. The zero-order valence-electron chi connectivity index (χ0n) is 23.8. The number of carbonyl (C=O) groups excluding carboxylic acids is 1. The summed E-state index contributed by atoms with van der Waals surface area (Å²) in [7, 11) is 1.31. The van der Waals surface area contributed by atoms with Crippen LogP contribution < -0.4 is 16.0 Å². The number of aliphatic hydroxyl groups is 1. The molecule has 3 aromatic rings. The Bertz CT molecular complexity index is 1380. The molecule has 44 heavy (non-hydrogen) atoms. The number of aromatic nitrogens is 1. The SMILES string of the molecule is COC(=O)CNCCNc1ccc(C(O)Nc2cc(CN3CCC[C@H]3C(F)(F)F)c(-c3ccc(C(F)(F)F)cc3)cn2)cc1. The van der Waals surface area contributed by atoms with Crippen LogP contribution in [-0.2, 0) is 22.3 Å². The molecule has 1 fully saturated rings. The number of nitrogens with zero attached hydrogens (tertiary/aromatic N) is 2. The lowest BCUT2D eigenvalue weighted by Gasteiger charge is -2.27. The van der Waals surface area contributed by atoms with Gasteiger partial charge in [-0.1, -0.05) is 24.3 Å². The van der Waals surface area contributed by atoms with Crippen molar-refractivity contribution in [1.82, 2.24) is 15.2 Å². The van der Waals surface area contributed by atoms with E-state index in [-0.39, 0.29) is 37.8 Å². The maximum atomic E-state index is 13.7. The van der Waals surface area contributed by atoms with E-state index in [2.05, 4.69) is 25.7 Å². The van der Waals surface area contributed by atoms with Crippen LogP contribution in [0.25, 0.3) is 11.1 Å². The molecule has 4 N–H and O–H groups in total. The van der Waals surface area contributed by atoms with Crippen molar-refractivity contribution in [2.75, 3.05) is 43.9 Å². The smallest absolute Gasteiger partial charge is 0.416 e. The standard InChI is InChI=1S/C30H33F6N5O3/c1-44-27(42)17-37-12-13-38-23-10-6-20(7-11-23)28(43)40-26-15-21(18-41-14-2-3-25(41)30(34,35)36)24(16-39-26)19-4-8-22(9-5-19)29(31,32)33/h4-11,15-16,25,28,37-38,43H,2-3,12-14,17-18H2,1H3,(H,39,40)/t25-,28?/m0/s1. The predicted octanol–water partition coefficient (Wildman–Crippen LogP) is 5.57. The van der Waals surface area contributed by atoms with Gasteiger partial charge in [0, 0.05) is 42.6 Å². The predicted molar refractivity (Wildman–Crippen MR) is 153 cm³/mol. The van der Waals surface area contributed by atoms with Crippen LogP contribution in [0.1, 0.15) is 35.8 Å². The van der Waals surface area contributed by atoms with Gasteiger partial charge in [0.05, 0.1) is 19.2 Å². The highest BCUT2D eigenvalue weighted by Gasteiger charge is 2.45. The number of halogens is 6. The average molecular weight is 626 g/mol. The Balaban J connectivity index is 1.49. The second-order valence-electron chi connectivity index (χ2n) is 10.3. The lowest BCUT2D eigenvalue weighted by Crippen LogP contribution is -2.40. The van der Waals surface area contributed by atoms with E-state index in [4.69, 9.17) is 0 Å². The molecular formula is C30H33F6N5O3. The molecule has 2 atom stereocenters. The number of ether oxygens (including phenoxy) is 1. The average Bonchev–Trinajstić information content (AvgIpc) is 3.46. The minimum atomic E-state index is -4.53. The zero-order valence-corrected chi connectivity index (χ0v) is 23.8. The summed E-state index contributed by atoms with van der Waals surface area (Å²) in [5.74, 6) is -0.182. The molecule has 1 aliphatic heterocycles. The summed E-state index contributed by atoms with van der Waals surface area (Å²) in [5, 5.41) is 19.8. The van der Waals surface area contributed by atoms with Crippen LogP contribution in [0, 0.1) is 0 Å². The first-order valence-electron chi connectivity index (χ1n) is 13.9. The normalized spacial score (nSPS) is 16.5. The number of hydrogen-bond donors (Lipinski definition) is 4. The number of aliphatic hydroxyl groups excluding tert-OH is 1. The van der Waals surface area contributed by atoms with Crippen LogP contribution in [0.4, 0.5) is 37.8 Å². The molecule has 2 aromatic carbocycles. The number of hydrogen-bond acceptors (Lipinski definition) is 8. The summed E-state index contributed by atoms with van der Waals surface area (Å²) in [6, 6.07) is 11.1. The molecule has 1 saturated heterocycles. The summed E-state index contributed by atoms with van der Waals surface area (Å²) < 4.78 is 84.9. The summed E-state index contributed by atoms with van der Waals surface area (Å²) >= 11 is 0. The third kappa shape index (κ3) is 8.83. The number of pyridine rings is 1. The molecule has 0 aliphatic carbocycles. The van der Waals surface area contributed by atoms with Crippen molar-refractivity contribution in [1.29, 1.82) is 0 Å². The van der Waals surface area contributed by atoms with Crippen LogP contribution in [0.15, 0.2) is 60.8 Å². The molecule has 2 heterocycles. The van der Waals surface area contributed by atoms with Crippen molar-refractivity contribution in [3.63, 3.8) is 0 Å². The molecule has 1 aromatic heterocycles. The Kier molecular flexibility index (Phi) is 10.7. The Morgan fingerprint density at radius 1 is 1.07 bits per heavy atom. The number of carbonyl (C=O) groups is 1. The monoisotopic (exact) mass is 625 g/mol. The van der Waals surface area contributed by atoms with Crippen LogP contribution >= 0.6 is 0 Å². The van der Waals surface area contributed by atoms with Gasteiger partial charge in [0.1, 0.15) is 11.9 Å². The van der Waals surface area contributed by atoms with E-state index < -0.39 is 30.2 Å². The number of nitrogens with one attached hydrogen (secondary N) is 3. The number of rotatable bonds is 12. The van der Waals surface area contributed by atoms with Crippen molar-refractivity contribution in [2.24, 2.45) is 0 Å². The van der Waals surface area contributed by atoms with E-state index in [9.17, 15) is 36.2 Å². The van der Waals surface area contributed by atoms with Crippen molar-refractivity contribution >= 4 is 17.5 Å². The summed E-state index contributed by atoms with van der Waals surface area (Å²) in [4.78, 5) is 16.7. The molecular weight excluding hydrogens is 592 g/mol. The molecule has 0 bridgehead atoms. The maximum Gasteiger partial charge on any atom is 0.416 e. The number of anilines is 2. The highest BCUT2D eigenvalue weighted by atomic mass is 19.4. The second kappa shape index (κ2) is 14.3. The molecule has 8 nitrogen and oxygen atoms in total. The molecule has 1 unspecified atom stereocenters. The topological polar surface area (TPSA) is 98.8 Å². The van der Waals surface area contributed by atoms with Gasteiger partial charge >= 0.3 is 18.3 Å². The third-order valence-electron chi connectivity index (χ3n) is 7.27. The fourth-order valence-electron chi connectivity index (χ4n) is 4.97. The van der Waals surface area contributed by atoms with E-state index in [0.717, 1.165) is 17.8 Å². The van der Waals surface area contributed by atoms with Gasteiger partial charge in [0.15, 0.2) is 6.23 Å². The molecule has 0 spiro atoms. The fourth-order valence-corrected chi connectivity index (χ4v) is 4.97. The highest BCUT2D eigenvalue weighted by Crippen LogP contribution is 2.36. The number of likely N-dealkylation sites (tertiary alicyclic amines) is 1. The van der Waals surface area contributed by atoms with Crippen LogP contribution in [0.5, 0.6) is 0 Å². The van der Waals surface area contributed by atoms with Crippen LogP contribution in [-0.4, -0.2) is 66.5 Å². The third-order valence-corrected chi connectivity index (χ3v) is 7.27. The first kappa shape index (κ1) is 33.0. The van der Waals surface area contributed by atoms with E-state index in [1.165, 1.54) is 36.4 Å². The molecule has 0 amide bonds. The minimum Gasteiger partial charge on any atom is -0.468 e. The van der Waals surface area contributed by atoms with E-state index in [1.54, 1.807) is 24.3 Å². The Morgan fingerprint density at radius 2 is 1.77 bits per heavy atom. The molecule has 0 radical (unpaired) electrons. The van der Waals surface area contributed by atoms with Crippen LogP contribution in [0.2, 0.25) is 0 Å². The van der Waals surface area contributed by atoms with Crippen molar-refractivity contribution < 1.29 is 41.0 Å². The first-order valence-corrected chi connectivity index (χ1v) is 13.9. The molecule has 4 rings (SSSR count). The Hall–Kier alpha value is -3.88. The minimum absolute atomic E-state index is 0.0388. The number of benzene rings is 2. The van der Waals surface area contributed by atoms with Gasteiger partial charge in [-0.3, -0.25) is 9.69 Å².